The van der Waals surface area contributed by atoms with Crippen molar-refractivity contribution >= 4 is 11.9 Å². The third kappa shape index (κ3) is 2.72. The molecular weight excluding hydrogens is 256 g/mol. The third-order valence-corrected chi connectivity index (χ3v) is 3.21. The number of carboxylic acid groups (broad SMARTS) is 1. The van der Waals surface area contributed by atoms with Gasteiger partial charge in [0.1, 0.15) is 17.7 Å². The molecule has 0 bridgehead atoms. The van der Waals surface area contributed by atoms with Crippen molar-refractivity contribution in [2.24, 2.45) is 0 Å². The summed E-state index contributed by atoms with van der Waals surface area (Å²) in [5, 5.41) is 9.07. The minimum absolute atomic E-state index is 0.242. The van der Waals surface area contributed by atoms with Crippen LogP contribution in [0.3, 0.4) is 0 Å². The fourth-order valence-electron chi connectivity index (χ4n) is 2.25. The molecule has 4 nitrogen and oxygen atoms in total. The summed E-state index contributed by atoms with van der Waals surface area (Å²) in [6.07, 6.45) is 1.69. The number of hydrogen-bond donors (Lipinski definition) is 1. The molecule has 1 aromatic carbocycles. The lowest BCUT2D eigenvalue weighted by atomic mass is 10.0. The van der Waals surface area contributed by atoms with E-state index in [1.54, 1.807) is 0 Å². The van der Waals surface area contributed by atoms with Gasteiger partial charge in [-0.3, -0.25) is 4.79 Å². The molecule has 0 aromatic heterocycles. The molecule has 102 valence electrons. The molecule has 0 radical (unpaired) electrons. The number of carboxylic acids is 1. The van der Waals surface area contributed by atoms with E-state index in [2.05, 4.69) is 0 Å². The average Bonchev–Trinajstić information content (AvgIpc) is 2.40. The zero-order chi connectivity index (χ0) is 14.0. The van der Waals surface area contributed by atoms with E-state index < -0.39 is 35.1 Å². The molecule has 1 aromatic rings. The Balaban J connectivity index is 2.31. The SMILES string of the molecule is O=C(O)[C@@H]1CCCCN1C(=O)c1cc(F)ccc1F. The van der Waals surface area contributed by atoms with E-state index in [1.807, 2.05) is 0 Å². The summed E-state index contributed by atoms with van der Waals surface area (Å²) in [5.74, 6) is -3.47. The molecule has 1 aliphatic heterocycles. The lowest BCUT2D eigenvalue weighted by Gasteiger charge is -2.33. The standard InChI is InChI=1S/C13H13F2NO3/c14-8-4-5-10(15)9(7-8)12(17)16-6-2-1-3-11(16)13(18)19/h4-5,7,11H,1-3,6H2,(H,18,19)/t11-/m0/s1. The molecule has 0 aliphatic carbocycles. The van der Waals surface area contributed by atoms with Gasteiger partial charge in [0.05, 0.1) is 5.56 Å². The summed E-state index contributed by atoms with van der Waals surface area (Å²) in [4.78, 5) is 24.3. The van der Waals surface area contributed by atoms with Gasteiger partial charge in [0.25, 0.3) is 5.91 Å². The Morgan fingerprint density at radius 3 is 2.68 bits per heavy atom. The first-order chi connectivity index (χ1) is 9.00. The van der Waals surface area contributed by atoms with E-state index in [1.165, 1.54) is 0 Å². The Morgan fingerprint density at radius 1 is 1.26 bits per heavy atom. The Morgan fingerprint density at radius 2 is 2.00 bits per heavy atom. The smallest absolute Gasteiger partial charge is 0.326 e. The molecule has 1 fully saturated rings. The Hall–Kier alpha value is -1.98. The highest BCUT2D eigenvalue weighted by Gasteiger charge is 2.33. The number of carbonyl (C=O) groups is 2. The molecule has 1 heterocycles. The summed E-state index contributed by atoms with van der Waals surface area (Å²) in [6.45, 7) is 0.242. The van der Waals surface area contributed by atoms with Crippen LogP contribution in [0.5, 0.6) is 0 Å². The highest BCUT2D eigenvalue weighted by molar-refractivity contribution is 5.97. The normalized spacial score (nSPS) is 19.3. The van der Waals surface area contributed by atoms with Crippen LogP contribution in [-0.4, -0.2) is 34.5 Å². The second kappa shape index (κ2) is 5.34. The van der Waals surface area contributed by atoms with Gasteiger partial charge < -0.3 is 10.0 Å². The fraction of sp³-hybridized carbons (Fsp3) is 0.385. The second-order valence-electron chi connectivity index (χ2n) is 4.47. The average molecular weight is 269 g/mol. The third-order valence-electron chi connectivity index (χ3n) is 3.21. The van der Waals surface area contributed by atoms with Gasteiger partial charge in [0, 0.05) is 6.54 Å². The van der Waals surface area contributed by atoms with Crippen LogP contribution in [0, 0.1) is 11.6 Å². The summed E-state index contributed by atoms with van der Waals surface area (Å²) >= 11 is 0. The molecular formula is C13H13F2NO3. The van der Waals surface area contributed by atoms with E-state index in [-0.39, 0.29) is 6.54 Å². The fourth-order valence-corrected chi connectivity index (χ4v) is 2.25. The molecule has 1 saturated heterocycles. The van der Waals surface area contributed by atoms with Crippen LogP contribution in [-0.2, 0) is 4.79 Å². The summed E-state index contributed by atoms with van der Waals surface area (Å²) in [7, 11) is 0. The van der Waals surface area contributed by atoms with Crippen LogP contribution in [0.2, 0.25) is 0 Å². The summed E-state index contributed by atoms with van der Waals surface area (Å²) in [5.41, 5.74) is -0.423. The van der Waals surface area contributed by atoms with Gasteiger partial charge in [-0.05, 0) is 37.5 Å². The van der Waals surface area contributed by atoms with Gasteiger partial charge in [-0.2, -0.15) is 0 Å². The van der Waals surface area contributed by atoms with Crippen LogP contribution in [0.4, 0.5) is 8.78 Å². The molecule has 0 spiro atoms. The van der Waals surface area contributed by atoms with Crippen molar-refractivity contribution in [2.75, 3.05) is 6.54 Å². The summed E-state index contributed by atoms with van der Waals surface area (Å²) < 4.78 is 26.6. The number of aliphatic carboxylic acids is 1. The lowest BCUT2D eigenvalue weighted by Crippen LogP contribution is -2.48. The van der Waals surface area contributed by atoms with E-state index in [9.17, 15) is 18.4 Å². The van der Waals surface area contributed by atoms with Crippen molar-refractivity contribution in [3.63, 3.8) is 0 Å². The molecule has 1 aliphatic rings. The number of benzene rings is 1. The number of likely N-dealkylation sites (tertiary alicyclic amines) is 1. The van der Waals surface area contributed by atoms with Crippen LogP contribution in [0.25, 0.3) is 0 Å². The number of nitrogens with zero attached hydrogens (tertiary/aromatic N) is 1. The maximum atomic E-state index is 13.5. The Kier molecular flexibility index (Phi) is 3.78. The maximum absolute atomic E-state index is 13.5. The zero-order valence-corrected chi connectivity index (χ0v) is 10.1. The number of halogens is 2. The predicted octanol–water partition coefficient (Wildman–Crippen LogP) is 2.04. The van der Waals surface area contributed by atoms with Gasteiger partial charge in [-0.15, -0.1) is 0 Å². The van der Waals surface area contributed by atoms with Crippen molar-refractivity contribution in [3.8, 4) is 0 Å². The lowest BCUT2D eigenvalue weighted by molar-refractivity contribution is -0.143. The van der Waals surface area contributed by atoms with Gasteiger partial charge in [-0.25, -0.2) is 13.6 Å². The molecule has 2 rings (SSSR count). The second-order valence-corrected chi connectivity index (χ2v) is 4.47. The number of carbonyl (C=O) groups excluding carboxylic acids is 1. The molecule has 0 saturated carbocycles. The van der Waals surface area contributed by atoms with Crippen LogP contribution < -0.4 is 0 Å². The van der Waals surface area contributed by atoms with Gasteiger partial charge in [-0.1, -0.05) is 0 Å². The monoisotopic (exact) mass is 269 g/mol. The maximum Gasteiger partial charge on any atom is 0.326 e. The van der Waals surface area contributed by atoms with E-state index in [4.69, 9.17) is 5.11 Å². The van der Waals surface area contributed by atoms with Crippen molar-refractivity contribution in [1.82, 2.24) is 4.90 Å². The van der Waals surface area contributed by atoms with E-state index in [0.29, 0.717) is 19.3 Å². The molecule has 6 heteroatoms. The first kappa shape index (κ1) is 13.5. The minimum Gasteiger partial charge on any atom is -0.480 e. The molecule has 1 atom stereocenters. The number of rotatable bonds is 2. The molecule has 19 heavy (non-hydrogen) atoms. The number of piperidine rings is 1. The predicted molar refractivity (Wildman–Crippen MR) is 62.7 cm³/mol. The summed E-state index contributed by atoms with van der Waals surface area (Å²) in [6, 6.07) is 1.61. The van der Waals surface area contributed by atoms with Crippen molar-refractivity contribution < 1.29 is 23.5 Å². The number of amides is 1. The Labute approximate surface area is 108 Å². The quantitative estimate of drug-likeness (QED) is 0.893. The molecule has 0 unspecified atom stereocenters. The molecule has 1 amide bonds. The first-order valence-corrected chi connectivity index (χ1v) is 5.99. The van der Waals surface area contributed by atoms with Crippen molar-refractivity contribution in [1.29, 1.82) is 0 Å². The van der Waals surface area contributed by atoms with Crippen LogP contribution >= 0.6 is 0 Å². The van der Waals surface area contributed by atoms with E-state index >= 15 is 0 Å². The van der Waals surface area contributed by atoms with Gasteiger partial charge in [0.2, 0.25) is 0 Å². The Bertz CT molecular complexity index is 519. The highest BCUT2D eigenvalue weighted by atomic mass is 19.1. The zero-order valence-electron chi connectivity index (χ0n) is 10.1. The number of hydrogen-bond acceptors (Lipinski definition) is 2. The van der Waals surface area contributed by atoms with Crippen molar-refractivity contribution in [3.05, 3.63) is 35.4 Å². The van der Waals surface area contributed by atoms with Crippen LogP contribution in [0.1, 0.15) is 29.6 Å². The van der Waals surface area contributed by atoms with Gasteiger partial charge in [0.15, 0.2) is 0 Å². The minimum atomic E-state index is -1.12. The van der Waals surface area contributed by atoms with Crippen LogP contribution in [0.15, 0.2) is 18.2 Å². The van der Waals surface area contributed by atoms with E-state index in [0.717, 1.165) is 23.1 Å². The first-order valence-electron chi connectivity index (χ1n) is 5.99. The highest BCUT2D eigenvalue weighted by Crippen LogP contribution is 2.21. The largest absolute Gasteiger partial charge is 0.480 e. The molecule has 1 N–H and O–H groups in total. The van der Waals surface area contributed by atoms with Gasteiger partial charge >= 0.3 is 5.97 Å². The topological polar surface area (TPSA) is 57.6 Å². The van der Waals surface area contributed by atoms with Crippen molar-refractivity contribution in [2.45, 2.75) is 25.3 Å².